The Hall–Kier alpha value is -3.98. The highest BCUT2D eigenvalue weighted by molar-refractivity contribution is 7.99. The summed E-state index contributed by atoms with van der Waals surface area (Å²) in [5.41, 5.74) is 2.71. The number of carbonyl (C=O) groups excluding carboxylic acids is 1. The largest absolute Gasteiger partial charge is 0.497 e. The molecule has 33 heavy (non-hydrogen) atoms. The molecule has 0 atom stereocenters. The van der Waals surface area contributed by atoms with E-state index in [1.165, 1.54) is 23.9 Å². The summed E-state index contributed by atoms with van der Waals surface area (Å²) in [6, 6.07) is 21.0. The second kappa shape index (κ2) is 8.87. The number of anilines is 1. The summed E-state index contributed by atoms with van der Waals surface area (Å²) in [6.07, 6.45) is 0. The molecule has 1 amide bonds. The van der Waals surface area contributed by atoms with Crippen molar-refractivity contribution < 1.29 is 13.9 Å². The summed E-state index contributed by atoms with van der Waals surface area (Å²) in [4.78, 5) is 17.3. The highest BCUT2D eigenvalue weighted by atomic mass is 32.2. The number of para-hydroxylation sites is 1. The van der Waals surface area contributed by atoms with Crippen molar-refractivity contribution in [1.29, 1.82) is 0 Å². The number of hydrogen-bond acceptors (Lipinski definition) is 6. The molecule has 0 aliphatic heterocycles. The van der Waals surface area contributed by atoms with E-state index in [1.54, 1.807) is 19.2 Å². The Labute approximate surface area is 192 Å². The van der Waals surface area contributed by atoms with Crippen LogP contribution in [0.15, 0.2) is 78.0 Å². The second-order valence-electron chi connectivity index (χ2n) is 7.17. The Bertz CT molecular complexity index is 1470. The molecule has 164 valence electrons. The van der Waals surface area contributed by atoms with Crippen molar-refractivity contribution >= 4 is 39.9 Å². The highest BCUT2D eigenvalue weighted by Gasteiger charge is 2.18. The van der Waals surface area contributed by atoms with Crippen LogP contribution in [-0.2, 0) is 4.79 Å². The minimum atomic E-state index is -0.411. The molecule has 5 rings (SSSR count). The van der Waals surface area contributed by atoms with E-state index in [-0.39, 0.29) is 11.7 Å². The number of ether oxygens (including phenoxy) is 1. The molecular formula is C24H18FN5O2S. The van der Waals surface area contributed by atoms with Gasteiger partial charge in [0.2, 0.25) is 5.91 Å². The number of rotatable bonds is 6. The molecule has 2 aromatic heterocycles. The highest BCUT2D eigenvalue weighted by Crippen LogP contribution is 2.30. The Kier molecular flexibility index (Phi) is 5.62. The predicted molar refractivity (Wildman–Crippen MR) is 126 cm³/mol. The third kappa shape index (κ3) is 4.22. The van der Waals surface area contributed by atoms with E-state index in [0.717, 1.165) is 22.2 Å². The number of carbonyl (C=O) groups is 1. The molecule has 3 aromatic carbocycles. The summed E-state index contributed by atoms with van der Waals surface area (Å²) in [6.45, 7) is 0. The van der Waals surface area contributed by atoms with Gasteiger partial charge in [0.1, 0.15) is 17.4 Å². The average Bonchev–Trinajstić information content (AvgIpc) is 3.27. The van der Waals surface area contributed by atoms with Crippen LogP contribution >= 0.6 is 11.8 Å². The first-order valence-electron chi connectivity index (χ1n) is 10.1. The van der Waals surface area contributed by atoms with E-state index in [0.29, 0.717) is 22.3 Å². The van der Waals surface area contributed by atoms with Crippen LogP contribution in [0.3, 0.4) is 0 Å². The van der Waals surface area contributed by atoms with Crippen LogP contribution < -0.4 is 10.1 Å². The monoisotopic (exact) mass is 459 g/mol. The zero-order valence-corrected chi connectivity index (χ0v) is 18.3. The molecule has 1 N–H and O–H groups in total. The number of fused-ring (bicyclic) bond motifs is 3. The molecule has 0 bridgehead atoms. The van der Waals surface area contributed by atoms with Gasteiger partial charge in [0.05, 0.1) is 18.4 Å². The number of benzene rings is 3. The van der Waals surface area contributed by atoms with Gasteiger partial charge in [0.15, 0.2) is 10.8 Å². The summed E-state index contributed by atoms with van der Waals surface area (Å²) in [7, 11) is 1.62. The minimum Gasteiger partial charge on any atom is -0.497 e. The van der Waals surface area contributed by atoms with E-state index in [4.69, 9.17) is 9.72 Å². The Morgan fingerprint density at radius 3 is 2.67 bits per heavy atom. The first-order chi connectivity index (χ1) is 16.1. The van der Waals surface area contributed by atoms with Crippen molar-refractivity contribution in [3.8, 4) is 17.1 Å². The lowest BCUT2D eigenvalue weighted by Crippen LogP contribution is -2.14. The molecule has 5 aromatic rings. The molecule has 0 saturated heterocycles. The van der Waals surface area contributed by atoms with E-state index in [2.05, 4.69) is 15.5 Å². The van der Waals surface area contributed by atoms with Gasteiger partial charge in [-0.05, 0) is 54.6 Å². The number of aromatic nitrogens is 4. The fourth-order valence-corrected chi connectivity index (χ4v) is 4.21. The molecule has 7 nitrogen and oxygen atoms in total. The molecule has 0 radical (unpaired) electrons. The maximum absolute atomic E-state index is 13.4. The third-order valence-electron chi connectivity index (χ3n) is 5.01. The quantitative estimate of drug-likeness (QED) is 0.367. The molecular weight excluding hydrogens is 441 g/mol. The van der Waals surface area contributed by atoms with Gasteiger partial charge >= 0.3 is 0 Å². The Balaban J connectivity index is 1.51. The maximum Gasteiger partial charge on any atom is 0.234 e. The van der Waals surface area contributed by atoms with E-state index < -0.39 is 5.82 Å². The fraction of sp³-hybridized carbons (Fsp3) is 0.0833. The van der Waals surface area contributed by atoms with Gasteiger partial charge in [-0.3, -0.25) is 9.20 Å². The molecule has 0 fully saturated rings. The van der Waals surface area contributed by atoms with Crippen LogP contribution in [0, 0.1) is 5.82 Å². The fourth-order valence-electron chi connectivity index (χ4n) is 3.48. The van der Waals surface area contributed by atoms with Gasteiger partial charge in [0.25, 0.3) is 0 Å². The molecule has 0 spiro atoms. The summed E-state index contributed by atoms with van der Waals surface area (Å²) in [5, 5.41) is 12.8. The first-order valence-corrected chi connectivity index (χ1v) is 11.1. The SMILES string of the molecule is COc1ccc(-c2nc3ccccc3c3nnc(SCC(=O)Nc4cccc(F)c4)n23)cc1. The van der Waals surface area contributed by atoms with Crippen LogP contribution in [0.4, 0.5) is 10.1 Å². The molecule has 0 aliphatic carbocycles. The summed E-state index contributed by atoms with van der Waals surface area (Å²) >= 11 is 1.23. The lowest BCUT2D eigenvalue weighted by molar-refractivity contribution is -0.113. The second-order valence-corrected chi connectivity index (χ2v) is 8.11. The van der Waals surface area contributed by atoms with Crippen molar-refractivity contribution in [3.05, 3.63) is 78.6 Å². The topological polar surface area (TPSA) is 81.4 Å². The lowest BCUT2D eigenvalue weighted by atomic mass is 10.1. The number of nitrogens with zero attached hydrogens (tertiary/aromatic N) is 4. The lowest BCUT2D eigenvalue weighted by Gasteiger charge is -2.10. The van der Waals surface area contributed by atoms with E-state index in [9.17, 15) is 9.18 Å². The Morgan fingerprint density at radius 1 is 1.06 bits per heavy atom. The number of amides is 1. The summed E-state index contributed by atoms with van der Waals surface area (Å²) in [5.74, 6) is 0.785. The first kappa shape index (κ1) is 20.9. The van der Waals surface area contributed by atoms with Crippen molar-refractivity contribution in [1.82, 2.24) is 19.6 Å². The zero-order valence-electron chi connectivity index (χ0n) is 17.5. The van der Waals surface area contributed by atoms with Gasteiger partial charge in [0, 0.05) is 16.6 Å². The molecule has 2 heterocycles. The van der Waals surface area contributed by atoms with Gasteiger partial charge in [-0.25, -0.2) is 9.37 Å². The minimum absolute atomic E-state index is 0.0756. The van der Waals surface area contributed by atoms with Crippen LogP contribution in [0.2, 0.25) is 0 Å². The van der Waals surface area contributed by atoms with Crippen molar-refractivity contribution in [2.75, 3.05) is 18.2 Å². The number of hydrogen-bond donors (Lipinski definition) is 1. The van der Waals surface area contributed by atoms with Crippen molar-refractivity contribution in [3.63, 3.8) is 0 Å². The predicted octanol–water partition coefficient (Wildman–Crippen LogP) is 4.82. The van der Waals surface area contributed by atoms with Crippen molar-refractivity contribution in [2.24, 2.45) is 0 Å². The van der Waals surface area contributed by atoms with Crippen molar-refractivity contribution in [2.45, 2.75) is 5.16 Å². The molecule has 0 saturated carbocycles. The Morgan fingerprint density at radius 2 is 1.88 bits per heavy atom. The normalized spacial score (nSPS) is 11.1. The zero-order chi connectivity index (χ0) is 22.8. The number of methoxy groups -OCH3 is 1. The van der Waals surface area contributed by atoms with Gasteiger partial charge in [-0.2, -0.15) is 0 Å². The maximum atomic E-state index is 13.4. The molecule has 0 unspecified atom stereocenters. The van der Waals surface area contributed by atoms with Crippen LogP contribution in [0.1, 0.15) is 0 Å². The smallest absolute Gasteiger partial charge is 0.234 e. The van der Waals surface area contributed by atoms with Crippen LogP contribution in [-0.4, -0.2) is 38.4 Å². The van der Waals surface area contributed by atoms with Gasteiger partial charge < -0.3 is 10.1 Å². The average molecular weight is 460 g/mol. The van der Waals surface area contributed by atoms with Gasteiger partial charge in [-0.1, -0.05) is 30.0 Å². The standard InChI is InChI=1S/C24H18FN5O2S/c1-32-18-11-9-15(10-12-18)22-27-20-8-3-2-7-19(20)23-28-29-24(30(22)23)33-14-21(31)26-17-6-4-5-16(25)13-17/h2-13H,14H2,1H3,(H,26,31). The number of thioether (sulfide) groups is 1. The number of nitrogens with one attached hydrogen (secondary N) is 1. The van der Waals surface area contributed by atoms with Gasteiger partial charge in [-0.15, -0.1) is 10.2 Å². The molecule has 9 heteroatoms. The van der Waals surface area contributed by atoms with Crippen LogP contribution in [0.5, 0.6) is 5.75 Å². The van der Waals surface area contributed by atoms with Crippen LogP contribution in [0.25, 0.3) is 27.9 Å². The van der Waals surface area contributed by atoms with E-state index in [1.807, 2.05) is 52.9 Å². The number of halogens is 1. The summed E-state index contributed by atoms with van der Waals surface area (Å²) < 4.78 is 20.5. The van der Waals surface area contributed by atoms with E-state index >= 15 is 0 Å². The molecule has 0 aliphatic rings. The third-order valence-corrected chi connectivity index (χ3v) is 5.93.